The van der Waals surface area contributed by atoms with Crippen molar-refractivity contribution >= 4 is 23.4 Å². The van der Waals surface area contributed by atoms with Crippen molar-refractivity contribution in [2.45, 2.75) is 123 Å². The van der Waals surface area contributed by atoms with Gasteiger partial charge in [-0.3, -0.25) is 14.4 Å². The number of allylic oxidation sites excluding steroid dienone is 1. The van der Waals surface area contributed by atoms with Crippen molar-refractivity contribution < 1.29 is 23.9 Å². The zero-order chi connectivity index (χ0) is 23.6. The number of hydrogen-bond donors (Lipinski definition) is 1. The Hall–Kier alpha value is -1.98. The molecule has 0 aromatic rings. The lowest BCUT2D eigenvalue weighted by molar-refractivity contribution is -0.145. The lowest BCUT2D eigenvalue weighted by Crippen LogP contribution is -2.34. The van der Waals surface area contributed by atoms with E-state index in [1.807, 2.05) is 0 Å². The Kier molecular flexibility index (Phi) is 15.4. The van der Waals surface area contributed by atoms with Crippen molar-refractivity contribution in [1.29, 1.82) is 0 Å². The molecule has 6 heteroatoms. The van der Waals surface area contributed by atoms with Gasteiger partial charge < -0.3 is 10.1 Å². The van der Waals surface area contributed by atoms with Gasteiger partial charge in [-0.05, 0) is 25.3 Å². The SMILES string of the molecule is CCCCCCCCCCCCCCC(=O)C(=O)CC=C(C)COC(=O)[C@@H]1CCC(=O)N1. The normalized spacial score (nSPS) is 16.1. The second kappa shape index (κ2) is 17.6. The number of carbonyl (C=O) groups excluding carboxylic acids is 4. The van der Waals surface area contributed by atoms with Gasteiger partial charge in [0, 0.05) is 19.3 Å². The van der Waals surface area contributed by atoms with E-state index in [9.17, 15) is 19.2 Å². The number of nitrogens with one attached hydrogen (secondary N) is 1. The van der Waals surface area contributed by atoms with Gasteiger partial charge in [-0.25, -0.2) is 4.79 Å². The minimum absolute atomic E-state index is 0.0423. The smallest absolute Gasteiger partial charge is 0.328 e. The molecular weight excluding hydrogens is 406 g/mol. The van der Waals surface area contributed by atoms with Crippen molar-refractivity contribution in [3.05, 3.63) is 11.6 Å². The maximum absolute atomic E-state index is 12.0. The molecular formula is C26H43NO5. The number of amides is 1. The Morgan fingerprint density at radius 1 is 0.906 bits per heavy atom. The van der Waals surface area contributed by atoms with Gasteiger partial charge >= 0.3 is 5.97 Å². The van der Waals surface area contributed by atoms with E-state index < -0.39 is 12.0 Å². The van der Waals surface area contributed by atoms with Gasteiger partial charge in [-0.15, -0.1) is 0 Å². The molecule has 1 atom stereocenters. The second-order valence-corrected chi connectivity index (χ2v) is 9.01. The highest BCUT2D eigenvalue weighted by Gasteiger charge is 2.28. The molecule has 1 aliphatic rings. The Bertz CT molecular complexity index is 626. The van der Waals surface area contributed by atoms with E-state index in [-0.39, 0.29) is 30.5 Å². The zero-order valence-corrected chi connectivity index (χ0v) is 20.2. The molecule has 0 bridgehead atoms. The van der Waals surface area contributed by atoms with E-state index in [0.717, 1.165) is 19.3 Å². The van der Waals surface area contributed by atoms with Crippen LogP contribution in [-0.4, -0.2) is 36.1 Å². The fourth-order valence-corrected chi connectivity index (χ4v) is 3.78. The maximum atomic E-state index is 12.0. The van der Waals surface area contributed by atoms with Crippen LogP contribution in [0.1, 0.15) is 117 Å². The van der Waals surface area contributed by atoms with Gasteiger partial charge in [0.15, 0.2) is 5.78 Å². The molecule has 32 heavy (non-hydrogen) atoms. The van der Waals surface area contributed by atoms with E-state index in [4.69, 9.17) is 4.74 Å². The Morgan fingerprint density at radius 3 is 2.00 bits per heavy atom. The first kappa shape index (κ1) is 28.1. The van der Waals surface area contributed by atoms with E-state index >= 15 is 0 Å². The van der Waals surface area contributed by atoms with E-state index in [2.05, 4.69) is 12.2 Å². The standard InChI is InChI=1S/C26H43NO5/c1-3-4-5-6-7-8-9-10-11-12-13-14-15-23(28)24(29)18-16-21(2)20-32-26(31)22-17-19-25(30)27-22/h16,22H,3-15,17-20H2,1-2H3,(H,27,30)/t22-/m0/s1. The van der Waals surface area contributed by atoms with Gasteiger partial charge in [0.2, 0.25) is 11.7 Å². The van der Waals surface area contributed by atoms with Gasteiger partial charge in [-0.1, -0.05) is 83.6 Å². The number of esters is 1. The summed E-state index contributed by atoms with van der Waals surface area (Å²) < 4.78 is 5.16. The molecule has 1 aliphatic heterocycles. The Morgan fingerprint density at radius 2 is 1.47 bits per heavy atom. The van der Waals surface area contributed by atoms with Crippen LogP contribution in [0.25, 0.3) is 0 Å². The van der Waals surface area contributed by atoms with E-state index in [0.29, 0.717) is 24.8 Å². The number of Topliss-reactive ketones (excluding diaryl/α,β-unsaturated/α-hetero) is 2. The van der Waals surface area contributed by atoms with Crippen LogP contribution in [0.15, 0.2) is 11.6 Å². The summed E-state index contributed by atoms with van der Waals surface area (Å²) in [4.78, 5) is 47.0. The van der Waals surface area contributed by atoms with Gasteiger partial charge in [0.05, 0.1) is 0 Å². The average molecular weight is 450 g/mol. The van der Waals surface area contributed by atoms with Crippen molar-refractivity contribution in [3.63, 3.8) is 0 Å². The number of ketones is 2. The van der Waals surface area contributed by atoms with Crippen molar-refractivity contribution in [1.82, 2.24) is 5.32 Å². The Balaban J connectivity index is 2.02. The maximum Gasteiger partial charge on any atom is 0.328 e. The quantitative estimate of drug-likeness (QED) is 0.124. The minimum Gasteiger partial charge on any atom is -0.460 e. The molecule has 0 aromatic heterocycles. The summed E-state index contributed by atoms with van der Waals surface area (Å²) in [6.45, 7) is 4.06. The topological polar surface area (TPSA) is 89.5 Å². The predicted molar refractivity (Wildman–Crippen MR) is 126 cm³/mol. The van der Waals surface area contributed by atoms with Crippen LogP contribution >= 0.6 is 0 Å². The van der Waals surface area contributed by atoms with Crippen molar-refractivity contribution in [2.24, 2.45) is 0 Å². The lowest BCUT2D eigenvalue weighted by atomic mass is 10.0. The van der Waals surface area contributed by atoms with Crippen LogP contribution in [0, 0.1) is 0 Å². The van der Waals surface area contributed by atoms with Crippen LogP contribution in [-0.2, 0) is 23.9 Å². The molecule has 0 aromatic carbocycles. The average Bonchev–Trinajstić information content (AvgIpc) is 3.22. The molecule has 0 saturated carbocycles. The molecule has 0 unspecified atom stereocenters. The molecule has 1 heterocycles. The van der Waals surface area contributed by atoms with Crippen molar-refractivity contribution in [2.75, 3.05) is 6.61 Å². The monoisotopic (exact) mass is 449 g/mol. The molecule has 182 valence electrons. The van der Waals surface area contributed by atoms with Crippen LogP contribution < -0.4 is 5.32 Å². The molecule has 6 nitrogen and oxygen atoms in total. The highest BCUT2D eigenvalue weighted by molar-refractivity contribution is 6.37. The highest BCUT2D eigenvalue weighted by Crippen LogP contribution is 2.13. The highest BCUT2D eigenvalue weighted by atomic mass is 16.5. The fourth-order valence-electron chi connectivity index (χ4n) is 3.78. The van der Waals surface area contributed by atoms with E-state index in [1.165, 1.54) is 57.8 Å². The zero-order valence-electron chi connectivity index (χ0n) is 20.2. The summed E-state index contributed by atoms with van der Waals surface area (Å²) >= 11 is 0. The van der Waals surface area contributed by atoms with Gasteiger partial charge in [0.25, 0.3) is 0 Å². The molecule has 0 spiro atoms. The van der Waals surface area contributed by atoms with Crippen LogP contribution in [0.5, 0.6) is 0 Å². The van der Waals surface area contributed by atoms with Crippen molar-refractivity contribution in [3.8, 4) is 0 Å². The first-order chi connectivity index (χ1) is 15.4. The van der Waals surface area contributed by atoms with Gasteiger partial charge in [-0.2, -0.15) is 0 Å². The molecule has 1 fully saturated rings. The lowest BCUT2D eigenvalue weighted by Gasteiger charge is -2.10. The number of carbonyl (C=O) groups is 4. The number of hydrogen-bond acceptors (Lipinski definition) is 5. The summed E-state index contributed by atoms with van der Waals surface area (Å²) in [5, 5.41) is 2.56. The third-order valence-electron chi connectivity index (χ3n) is 5.93. The van der Waals surface area contributed by atoms with Crippen LogP contribution in [0.4, 0.5) is 0 Å². The largest absolute Gasteiger partial charge is 0.460 e. The number of rotatable bonds is 19. The summed E-state index contributed by atoms with van der Waals surface area (Å²) in [5.74, 6) is -1.30. The molecule has 1 rings (SSSR count). The second-order valence-electron chi connectivity index (χ2n) is 9.01. The number of unbranched alkanes of at least 4 members (excludes halogenated alkanes) is 11. The third kappa shape index (κ3) is 13.4. The van der Waals surface area contributed by atoms with Gasteiger partial charge in [0.1, 0.15) is 12.6 Å². The predicted octanol–water partition coefficient (Wildman–Crippen LogP) is 5.37. The summed E-state index contributed by atoms with van der Waals surface area (Å²) in [6.07, 6.45) is 17.5. The molecule has 1 amide bonds. The third-order valence-corrected chi connectivity index (χ3v) is 5.93. The number of ether oxygens (including phenoxy) is 1. The molecule has 0 aliphatic carbocycles. The van der Waals surface area contributed by atoms with E-state index in [1.54, 1.807) is 13.0 Å². The summed E-state index contributed by atoms with van der Waals surface area (Å²) in [6, 6.07) is -0.575. The minimum atomic E-state index is -0.575. The molecule has 1 N–H and O–H groups in total. The first-order valence-corrected chi connectivity index (χ1v) is 12.6. The summed E-state index contributed by atoms with van der Waals surface area (Å²) in [5.41, 5.74) is 0.717. The molecule has 1 saturated heterocycles. The molecule has 0 radical (unpaired) electrons. The fraction of sp³-hybridized carbons (Fsp3) is 0.769. The summed E-state index contributed by atoms with van der Waals surface area (Å²) in [7, 11) is 0. The Labute approximate surface area is 193 Å². The van der Waals surface area contributed by atoms with Crippen LogP contribution in [0.3, 0.4) is 0 Å². The van der Waals surface area contributed by atoms with Crippen LogP contribution in [0.2, 0.25) is 0 Å². The first-order valence-electron chi connectivity index (χ1n) is 12.6.